The molecular formula is C11H10F3N5. The van der Waals surface area contributed by atoms with Crippen LogP contribution >= 0.6 is 0 Å². The van der Waals surface area contributed by atoms with Crippen molar-refractivity contribution in [2.45, 2.75) is 6.18 Å². The van der Waals surface area contributed by atoms with Crippen LogP contribution in [0.4, 0.5) is 19.0 Å². The molecule has 0 radical (unpaired) electrons. The molecule has 0 fully saturated rings. The van der Waals surface area contributed by atoms with Gasteiger partial charge in [-0.3, -0.25) is 5.41 Å². The SMILES string of the molecule is N=C(N)n1nc(-c2ccc(C(F)(F)F)cc2)cc1N. The van der Waals surface area contributed by atoms with E-state index in [1.165, 1.54) is 18.2 Å². The van der Waals surface area contributed by atoms with Gasteiger partial charge in [-0.15, -0.1) is 0 Å². The lowest BCUT2D eigenvalue weighted by molar-refractivity contribution is -0.137. The third kappa shape index (κ3) is 2.51. The number of anilines is 1. The number of alkyl halides is 3. The normalized spacial score (nSPS) is 11.5. The lowest BCUT2D eigenvalue weighted by Crippen LogP contribution is -2.23. The van der Waals surface area contributed by atoms with Gasteiger partial charge in [0.15, 0.2) is 0 Å². The van der Waals surface area contributed by atoms with E-state index in [2.05, 4.69) is 5.10 Å². The second-order valence-corrected chi connectivity index (χ2v) is 3.83. The Morgan fingerprint density at radius 3 is 2.21 bits per heavy atom. The number of halogens is 3. The van der Waals surface area contributed by atoms with Gasteiger partial charge in [-0.1, -0.05) is 12.1 Å². The molecule has 5 nitrogen and oxygen atoms in total. The molecule has 0 spiro atoms. The Morgan fingerprint density at radius 2 is 1.79 bits per heavy atom. The van der Waals surface area contributed by atoms with Crippen LogP contribution in [-0.4, -0.2) is 15.7 Å². The zero-order chi connectivity index (χ0) is 14.2. The molecule has 100 valence electrons. The van der Waals surface area contributed by atoms with Crippen molar-refractivity contribution < 1.29 is 13.2 Å². The number of nitrogens with two attached hydrogens (primary N) is 2. The van der Waals surface area contributed by atoms with E-state index in [-0.39, 0.29) is 11.8 Å². The highest BCUT2D eigenvalue weighted by atomic mass is 19.4. The zero-order valence-corrected chi connectivity index (χ0v) is 9.57. The first kappa shape index (κ1) is 12.9. The van der Waals surface area contributed by atoms with E-state index in [0.717, 1.165) is 16.8 Å². The summed E-state index contributed by atoms with van der Waals surface area (Å²) >= 11 is 0. The molecule has 0 bridgehead atoms. The predicted molar refractivity (Wildman–Crippen MR) is 64.4 cm³/mol. The first-order valence-corrected chi connectivity index (χ1v) is 5.16. The maximum Gasteiger partial charge on any atom is 0.416 e. The van der Waals surface area contributed by atoms with Gasteiger partial charge in [0.05, 0.1) is 11.3 Å². The van der Waals surface area contributed by atoms with Crippen molar-refractivity contribution in [3.63, 3.8) is 0 Å². The summed E-state index contributed by atoms with van der Waals surface area (Å²) in [7, 11) is 0. The average molecular weight is 269 g/mol. The van der Waals surface area contributed by atoms with Gasteiger partial charge in [-0.05, 0) is 12.1 Å². The number of nitrogen functional groups attached to an aromatic ring is 2. The van der Waals surface area contributed by atoms with Crippen molar-refractivity contribution in [2.24, 2.45) is 5.73 Å². The summed E-state index contributed by atoms with van der Waals surface area (Å²) < 4.78 is 38.2. The largest absolute Gasteiger partial charge is 0.416 e. The van der Waals surface area contributed by atoms with Gasteiger partial charge in [-0.25, -0.2) is 0 Å². The quantitative estimate of drug-likeness (QED) is 0.545. The van der Waals surface area contributed by atoms with Gasteiger partial charge in [0.1, 0.15) is 5.82 Å². The number of rotatable bonds is 1. The zero-order valence-electron chi connectivity index (χ0n) is 9.57. The molecule has 0 saturated heterocycles. The van der Waals surface area contributed by atoms with Crippen molar-refractivity contribution in [2.75, 3.05) is 5.73 Å². The van der Waals surface area contributed by atoms with Crippen LogP contribution < -0.4 is 11.5 Å². The lowest BCUT2D eigenvalue weighted by atomic mass is 10.1. The number of nitrogens with one attached hydrogen (secondary N) is 1. The second kappa shape index (κ2) is 4.30. The summed E-state index contributed by atoms with van der Waals surface area (Å²) in [6.45, 7) is 0. The van der Waals surface area contributed by atoms with E-state index < -0.39 is 11.7 Å². The smallest absolute Gasteiger partial charge is 0.383 e. The summed E-state index contributed by atoms with van der Waals surface area (Å²) in [4.78, 5) is 0. The molecular weight excluding hydrogens is 259 g/mol. The van der Waals surface area contributed by atoms with Crippen molar-refractivity contribution in [1.82, 2.24) is 9.78 Å². The molecule has 0 saturated carbocycles. The molecule has 0 aliphatic heterocycles. The Balaban J connectivity index is 2.38. The van der Waals surface area contributed by atoms with Crippen LogP contribution in [0.3, 0.4) is 0 Å². The summed E-state index contributed by atoms with van der Waals surface area (Å²) in [5, 5.41) is 11.1. The topological polar surface area (TPSA) is 93.7 Å². The van der Waals surface area contributed by atoms with Crippen LogP contribution in [0.25, 0.3) is 11.3 Å². The van der Waals surface area contributed by atoms with Crippen LogP contribution in [0, 0.1) is 5.41 Å². The van der Waals surface area contributed by atoms with Gasteiger partial charge < -0.3 is 11.5 Å². The maximum absolute atomic E-state index is 12.4. The van der Waals surface area contributed by atoms with Gasteiger partial charge in [0.25, 0.3) is 0 Å². The minimum absolute atomic E-state index is 0.141. The monoisotopic (exact) mass is 269 g/mol. The third-order valence-corrected chi connectivity index (χ3v) is 2.47. The van der Waals surface area contributed by atoms with Crippen LogP contribution in [-0.2, 0) is 6.18 Å². The minimum atomic E-state index is -4.38. The second-order valence-electron chi connectivity index (χ2n) is 3.83. The van der Waals surface area contributed by atoms with E-state index >= 15 is 0 Å². The van der Waals surface area contributed by atoms with Gasteiger partial charge in [0, 0.05) is 11.6 Å². The molecule has 2 rings (SSSR count). The molecule has 1 heterocycles. The fourth-order valence-corrected chi connectivity index (χ4v) is 1.56. The summed E-state index contributed by atoms with van der Waals surface area (Å²) in [6, 6.07) is 5.92. The van der Waals surface area contributed by atoms with Crippen LogP contribution in [0.5, 0.6) is 0 Å². The molecule has 1 aromatic carbocycles. The molecule has 0 amide bonds. The van der Waals surface area contributed by atoms with Crippen molar-refractivity contribution >= 4 is 11.8 Å². The first-order valence-electron chi connectivity index (χ1n) is 5.16. The fraction of sp³-hybridized carbons (Fsp3) is 0.0909. The Labute approximate surface area is 106 Å². The summed E-state index contributed by atoms with van der Waals surface area (Å²) in [5.41, 5.74) is 10.9. The molecule has 0 atom stereocenters. The highest BCUT2D eigenvalue weighted by molar-refractivity contribution is 5.81. The molecule has 0 aliphatic carbocycles. The number of hydrogen-bond acceptors (Lipinski definition) is 3. The molecule has 8 heteroatoms. The summed E-state index contributed by atoms with van der Waals surface area (Å²) in [6.07, 6.45) is -4.38. The number of aromatic nitrogens is 2. The molecule has 0 aliphatic rings. The maximum atomic E-state index is 12.4. The van der Waals surface area contributed by atoms with Gasteiger partial charge in [-0.2, -0.15) is 23.0 Å². The Bertz CT molecular complexity index is 612. The van der Waals surface area contributed by atoms with E-state index in [1.807, 2.05) is 0 Å². The Morgan fingerprint density at radius 1 is 1.21 bits per heavy atom. The molecule has 2 aromatic rings. The Hall–Kier alpha value is -2.51. The van der Waals surface area contributed by atoms with E-state index in [4.69, 9.17) is 16.9 Å². The number of hydrogen-bond donors (Lipinski definition) is 3. The highest BCUT2D eigenvalue weighted by Gasteiger charge is 2.30. The van der Waals surface area contributed by atoms with Crippen LogP contribution in [0.2, 0.25) is 0 Å². The lowest BCUT2D eigenvalue weighted by Gasteiger charge is -2.06. The van der Waals surface area contributed by atoms with Crippen molar-refractivity contribution in [1.29, 1.82) is 5.41 Å². The standard InChI is InChI=1S/C11H10F3N5/c12-11(13,14)7-3-1-6(2-4-7)8-5-9(15)19(18-8)10(16)17/h1-5H,15H2,(H3,16,17). The predicted octanol–water partition coefficient (Wildman–Crippen LogP) is 1.89. The van der Waals surface area contributed by atoms with Crippen LogP contribution in [0.1, 0.15) is 5.56 Å². The van der Waals surface area contributed by atoms with E-state index in [0.29, 0.717) is 11.3 Å². The highest BCUT2D eigenvalue weighted by Crippen LogP contribution is 2.30. The Kier molecular flexibility index (Phi) is 2.93. The molecule has 19 heavy (non-hydrogen) atoms. The van der Waals surface area contributed by atoms with Crippen molar-refractivity contribution in [3.8, 4) is 11.3 Å². The van der Waals surface area contributed by atoms with Gasteiger partial charge in [0.2, 0.25) is 5.96 Å². The fourth-order valence-electron chi connectivity index (χ4n) is 1.56. The first-order chi connectivity index (χ1) is 8.79. The average Bonchev–Trinajstić information content (AvgIpc) is 2.70. The number of benzene rings is 1. The molecule has 5 N–H and O–H groups in total. The minimum Gasteiger partial charge on any atom is -0.383 e. The van der Waals surface area contributed by atoms with E-state index in [9.17, 15) is 13.2 Å². The van der Waals surface area contributed by atoms with Crippen molar-refractivity contribution in [3.05, 3.63) is 35.9 Å². The molecule has 1 aromatic heterocycles. The van der Waals surface area contributed by atoms with Crippen LogP contribution in [0.15, 0.2) is 30.3 Å². The van der Waals surface area contributed by atoms with Gasteiger partial charge >= 0.3 is 6.18 Å². The molecule has 0 unspecified atom stereocenters. The third-order valence-electron chi connectivity index (χ3n) is 2.47. The number of nitrogens with zero attached hydrogens (tertiary/aromatic N) is 2. The summed E-state index contributed by atoms with van der Waals surface area (Å²) in [5.74, 6) is -0.224. The van der Waals surface area contributed by atoms with E-state index in [1.54, 1.807) is 0 Å².